The smallest absolute Gasteiger partial charge is 0.0620 e. The molecule has 0 saturated heterocycles. The molecular weight excluding hydrogens is 821 g/mol. The Morgan fingerprint density at radius 2 is 0.647 bits per heavy atom. The first kappa shape index (κ1) is 36.3. The van der Waals surface area contributed by atoms with Crippen LogP contribution in [-0.2, 0) is 0 Å². The van der Waals surface area contributed by atoms with E-state index in [9.17, 15) is 0 Å². The van der Waals surface area contributed by atoms with Crippen LogP contribution in [-0.4, -0.2) is 8.80 Å². The molecule has 0 radical (unpaired) electrons. The number of hydrogen-bond acceptors (Lipinski definition) is 0. The number of aromatic nitrogens is 2. The Balaban J connectivity index is 1.06. The fraction of sp³-hybridized carbons (Fsp3) is 0. The van der Waals surface area contributed by atoms with Gasteiger partial charge in [-0.2, -0.15) is 0 Å². The van der Waals surface area contributed by atoms with Crippen molar-refractivity contribution < 1.29 is 0 Å². The van der Waals surface area contributed by atoms with Gasteiger partial charge < -0.3 is 8.80 Å². The minimum Gasteiger partial charge on any atom is -0.308 e. The fourth-order valence-electron chi connectivity index (χ4n) is 12.7. The van der Waals surface area contributed by atoms with Crippen molar-refractivity contribution in [3.05, 3.63) is 231 Å². The summed E-state index contributed by atoms with van der Waals surface area (Å²) in [6.45, 7) is 0. The third-order valence-corrected chi connectivity index (χ3v) is 15.4. The van der Waals surface area contributed by atoms with Crippen LogP contribution in [0.4, 0.5) is 0 Å². The Labute approximate surface area is 390 Å². The van der Waals surface area contributed by atoms with Gasteiger partial charge in [0, 0.05) is 43.1 Å². The molecule has 0 fully saturated rings. The Kier molecular flexibility index (Phi) is 7.10. The second kappa shape index (κ2) is 13.3. The van der Waals surface area contributed by atoms with Crippen molar-refractivity contribution in [1.82, 2.24) is 8.80 Å². The van der Waals surface area contributed by atoms with Crippen LogP contribution >= 0.6 is 0 Å². The van der Waals surface area contributed by atoms with E-state index in [1.54, 1.807) is 0 Å². The van der Waals surface area contributed by atoms with E-state index in [1.807, 2.05) is 0 Å². The highest BCUT2D eigenvalue weighted by atomic mass is 14.9. The maximum Gasteiger partial charge on any atom is 0.0620 e. The molecule has 16 rings (SSSR count). The first-order chi connectivity index (χ1) is 33.8. The summed E-state index contributed by atoms with van der Waals surface area (Å²) in [5, 5.41) is 17.8. The van der Waals surface area contributed by atoms with E-state index >= 15 is 0 Å². The van der Waals surface area contributed by atoms with E-state index in [2.05, 4.69) is 239 Å². The highest BCUT2D eigenvalue weighted by molar-refractivity contribution is 6.30. The van der Waals surface area contributed by atoms with Crippen molar-refractivity contribution in [1.29, 1.82) is 0 Å². The summed E-state index contributed by atoms with van der Waals surface area (Å²) in [7, 11) is 0. The summed E-state index contributed by atoms with van der Waals surface area (Å²) in [4.78, 5) is 0. The molecule has 0 bridgehead atoms. The number of benzene rings is 12. The zero-order valence-corrected chi connectivity index (χ0v) is 36.8. The van der Waals surface area contributed by atoms with Crippen LogP contribution in [0.3, 0.4) is 0 Å². The summed E-state index contributed by atoms with van der Waals surface area (Å²) in [6, 6.07) is 86.4. The van der Waals surface area contributed by atoms with Crippen molar-refractivity contribution in [2.45, 2.75) is 0 Å². The molecule has 0 aliphatic carbocycles. The van der Waals surface area contributed by atoms with Crippen LogP contribution < -0.4 is 0 Å². The van der Waals surface area contributed by atoms with Crippen molar-refractivity contribution >= 4 is 109 Å². The Hall–Kier alpha value is -8.98. The molecule has 4 heterocycles. The van der Waals surface area contributed by atoms with Crippen molar-refractivity contribution in [3.8, 4) is 44.5 Å². The minimum absolute atomic E-state index is 1.21. The quantitative estimate of drug-likeness (QED) is 0.156. The summed E-state index contributed by atoms with van der Waals surface area (Å²) < 4.78 is 5.00. The topological polar surface area (TPSA) is 8.82 Å². The molecule has 312 valence electrons. The number of para-hydroxylation sites is 4. The van der Waals surface area contributed by atoms with E-state index < -0.39 is 0 Å². The lowest BCUT2D eigenvalue weighted by atomic mass is 9.84. The zero-order chi connectivity index (χ0) is 44.2. The predicted molar refractivity (Wildman–Crippen MR) is 290 cm³/mol. The minimum atomic E-state index is 1.21. The molecule has 0 N–H and O–H groups in total. The first-order valence-corrected chi connectivity index (χ1v) is 23.7. The number of rotatable bonds is 4. The molecule has 16 aromatic rings. The highest BCUT2D eigenvalue weighted by Crippen LogP contribution is 2.50. The predicted octanol–water partition coefficient (Wildman–Crippen LogP) is 18.1. The van der Waals surface area contributed by atoms with Gasteiger partial charge in [-0.3, -0.25) is 0 Å². The summed E-state index contributed by atoms with van der Waals surface area (Å²) in [5.41, 5.74) is 17.4. The van der Waals surface area contributed by atoms with Gasteiger partial charge in [0.05, 0.1) is 33.1 Å². The van der Waals surface area contributed by atoms with Crippen molar-refractivity contribution in [2.75, 3.05) is 0 Å². The van der Waals surface area contributed by atoms with E-state index in [1.165, 1.54) is 153 Å². The summed E-state index contributed by atoms with van der Waals surface area (Å²) in [5.74, 6) is 0. The van der Waals surface area contributed by atoms with Gasteiger partial charge in [-0.25, -0.2) is 0 Å². The molecule has 0 spiro atoms. The molecule has 0 aliphatic rings. The second-order valence-electron chi connectivity index (χ2n) is 18.7. The van der Waals surface area contributed by atoms with Gasteiger partial charge in [0.2, 0.25) is 0 Å². The van der Waals surface area contributed by atoms with E-state index in [0.29, 0.717) is 0 Å². The zero-order valence-electron chi connectivity index (χ0n) is 36.8. The third kappa shape index (κ3) is 4.66. The first-order valence-electron chi connectivity index (χ1n) is 23.7. The third-order valence-electron chi connectivity index (χ3n) is 15.4. The molecule has 2 heteroatoms. The summed E-state index contributed by atoms with van der Waals surface area (Å²) >= 11 is 0. The number of fused-ring (bicyclic) bond motifs is 15. The van der Waals surface area contributed by atoms with Crippen LogP contribution in [0.25, 0.3) is 153 Å². The second-order valence-corrected chi connectivity index (χ2v) is 18.7. The van der Waals surface area contributed by atoms with Crippen LogP contribution in [0.2, 0.25) is 0 Å². The Bertz CT molecular complexity index is 4540. The highest BCUT2D eigenvalue weighted by Gasteiger charge is 2.24. The number of nitrogens with zero attached hydrogens (tertiary/aromatic N) is 2. The van der Waals surface area contributed by atoms with Crippen molar-refractivity contribution in [3.63, 3.8) is 0 Å². The lowest BCUT2D eigenvalue weighted by molar-refractivity contribution is 1.37. The van der Waals surface area contributed by atoms with Gasteiger partial charge in [-0.15, -0.1) is 0 Å². The van der Waals surface area contributed by atoms with Crippen molar-refractivity contribution in [2.24, 2.45) is 0 Å². The van der Waals surface area contributed by atoms with Gasteiger partial charge in [0.25, 0.3) is 0 Å². The molecule has 68 heavy (non-hydrogen) atoms. The van der Waals surface area contributed by atoms with Gasteiger partial charge in [-0.1, -0.05) is 188 Å². The van der Waals surface area contributed by atoms with Gasteiger partial charge in [0.1, 0.15) is 0 Å². The van der Waals surface area contributed by atoms with Crippen LogP contribution in [0.15, 0.2) is 231 Å². The van der Waals surface area contributed by atoms with E-state index in [4.69, 9.17) is 0 Å². The standard InChI is InChI=1S/C66H38N2/c1-2-16-39(17-3-1)55-37-41(36-40-18-4-5-19-42(40)55)62-49-24-10-22-43(47-26-14-34-60-63(47)53-30-12-28-51-45-20-6-8-32-58(45)67(60)65(51)53)56(49)38-57-44(23-11-25-50(57)62)48-27-15-35-61-64(48)54-31-13-29-52-46-21-7-9-33-59(46)68(61)66(52)54/h1-38H. The average molecular weight is 859 g/mol. The van der Waals surface area contributed by atoms with Crippen LogP contribution in [0.5, 0.6) is 0 Å². The van der Waals surface area contributed by atoms with Gasteiger partial charge in [0.15, 0.2) is 0 Å². The number of hydrogen-bond donors (Lipinski definition) is 0. The Morgan fingerprint density at radius 3 is 1.24 bits per heavy atom. The maximum atomic E-state index is 2.52. The average Bonchev–Trinajstić information content (AvgIpc) is 4.14. The molecule has 12 aromatic carbocycles. The monoisotopic (exact) mass is 858 g/mol. The molecular formula is C66H38N2. The largest absolute Gasteiger partial charge is 0.308 e. The van der Waals surface area contributed by atoms with E-state index in [-0.39, 0.29) is 0 Å². The molecule has 0 unspecified atom stereocenters. The SMILES string of the molecule is c1ccc(-c2cc(-c3c4cccc(-c5cccc6c5c5cccc7c8ccccc8n6c75)c4cc4c(-c5cccc6c5c5cccc7c8ccccc8n6c75)cccc34)cc3ccccc23)cc1. The normalized spacial score (nSPS) is 12.4. The molecule has 0 atom stereocenters. The maximum absolute atomic E-state index is 2.52. The fourth-order valence-corrected chi connectivity index (χ4v) is 12.7. The lowest BCUT2D eigenvalue weighted by Crippen LogP contribution is -1.92. The van der Waals surface area contributed by atoms with E-state index in [0.717, 1.165) is 0 Å². The molecule has 0 aliphatic heterocycles. The van der Waals surface area contributed by atoms with Crippen LogP contribution in [0, 0.1) is 0 Å². The van der Waals surface area contributed by atoms with Crippen LogP contribution in [0.1, 0.15) is 0 Å². The lowest BCUT2D eigenvalue weighted by Gasteiger charge is -2.19. The van der Waals surface area contributed by atoms with Gasteiger partial charge >= 0.3 is 0 Å². The molecule has 0 amide bonds. The summed E-state index contributed by atoms with van der Waals surface area (Å²) in [6.07, 6.45) is 0. The van der Waals surface area contributed by atoms with Gasteiger partial charge in [-0.05, 0) is 119 Å². The molecule has 0 saturated carbocycles. The molecule has 4 aromatic heterocycles. The molecule has 2 nitrogen and oxygen atoms in total. The Morgan fingerprint density at radius 1 is 0.221 bits per heavy atom.